The lowest BCUT2D eigenvalue weighted by Crippen LogP contribution is -2.01. The molecule has 0 atom stereocenters. The highest BCUT2D eigenvalue weighted by molar-refractivity contribution is 5.91. The first-order valence-electron chi connectivity index (χ1n) is 5.77. The van der Waals surface area contributed by atoms with Gasteiger partial charge >= 0.3 is 0 Å². The summed E-state index contributed by atoms with van der Waals surface area (Å²) >= 11 is 0. The van der Waals surface area contributed by atoms with Crippen molar-refractivity contribution >= 4 is 28.4 Å². The summed E-state index contributed by atoms with van der Waals surface area (Å²) < 4.78 is 12.9. The van der Waals surface area contributed by atoms with Crippen molar-refractivity contribution in [3.63, 3.8) is 0 Å². The van der Waals surface area contributed by atoms with Crippen LogP contribution in [0.15, 0.2) is 48.5 Å². The van der Waals surface area contributed by atoms with Gasteiger partial charge in [-0.1, -0.05) is 12.1 Å². The molecule has 5 heteroatoms. The fraction of sp³-hybridized carbons (Fsp3) is 0. The van der Waals surface area contributed by atoms with Crippen LogP contribution in [0.2, 0.25) is 0 Å². The Kier molecular flexibility index (Phi) is 2.72. The molecule has 0 spiro atoms. The van der Waals surface area contributed by atoms with Crippen molar-refractivity contribution in [2.45, 2.75) is 0 Å². The van der Waals surface area contributed by atoms with Gasteiger partial charge < -0.3 is 11.1 Å². The van der Waals surface area contributed by atoms with Crippen LogP contribution >= 0.6 is 0 Å². The van der Waals surface area contributed by atoms with Gasteiger partial charge in [-0.3, -0.25) is 0 Å². The molecule has 0 bridgehead atoms. The van der Waals surface area contributed by atoms with E-state index in [1.54, 1.807) is 12.1 Å². The minimum absolute atomic E-state index is 0.198. The third-order valence-corrected chi connectivity index (χ3v) is 2.73. The number of nitrogens with two attached hydrogens (primary N) is 1. The molecule has 2 aromatic carbocycles. The van der Waals surface area contributed by atoms with E-state index in [2.05, 4.69) is 15.3 Å². The number of hydrogen-bond donors (Lipinski definition) is 2. The molecule has 0 saturated carbocycles. The Morgan fingerprint density at radius 2 is 1.68 bits per heavy atom. The SMILES string of the molecule is Nc1nc(Nc2ccc(F)cc2)c2ccccc2n1. The van der Waals surface area contributed by atoms with Crippen LogP contribution in [0.5, 0.6) is 0 Å². The number of benzene rings is 2. The van der Waals surface area contributed by atoms with Gasteiger partial charge in [0.2, 0.25) is 5.95 Å². The molecule has 1 heterocycles. The van der Waals surface area contributed by atoms with Gasteiger partial charge in [-0.15, -0.1) is 0 Å². The molecule has 0 aliphatic rings. The number of para-hydroxylation sites is 1. The highest BCUT2D eigenvalue weighted by Crippen LogP contribution is 2.24. The standard InChI is InChI=1S/C14H11FN4/c15-9-5-7-10(8-6-9)17-13-11-3-1-2-4-12(11)18-14(16)19-13/h1-8H,(H3,16,17,18,19). The summed E-state index contributed by atoms with van der Waals surface area (Å²) in [4.78, 5) is 8.34. The second-order valence-electron chi connectivity index (χ2n) is 4.08. The fourth-order valence-electron chi connectivity index (χ4n) is 1.86. The highest BCUT2D eigenvalue weighted by atomic mass is 19.1. The van der Waals surface area contributed by atoms with Crippen LogP contribution in [-0.4, -0.2) is 9.97 Å². The van der Waals surface area contributed by atoms with E-state index >= 15 is 0 Å². The average molecular weight is 254 g/mol. The first-order valence-corrected chi connectivity index (χ1v) is 5.77. The maximum atomic E-state index is 12.9. The molecule has 3 N–H and O–H groups in total. The molecule has 0 fully saturated rings. The molecular weight excluding hydrogens is 243 g/mol. The number of rotatable bonds is 2. The first kappa shape index (κ1) is 11.4. The van der Waals surface area contributed by atoms with Crippen LogP contribution in [0.25, 0.3) is 10.9 Å². The van der Waals surface area contributed by atoms with Crippen molar-refractivity contribution in [3.05, 3.63) is 54.3 Å². The summed E-state index contributed by atoms with van der Waals surface area (Å²) in [6.07, 6.45) is 0. The molecule has 0 aliphatic heterocycles. The second kappa shape index (κ2) is 4.53. The number of fused-ring (bicyclic) bond motifs is 1. The number of anilines is 3. The Labute approximate surface area is 109 Å². The maximum Gasteiger partial charge on any atom is 0.222 e. The van der Waals surface area contributed by atoms with Gasteiger partial charge in [0.1, 0.15) is 11.6 Å². The third-order valence-electron chi connectivity index (χ3n) is 2.73. The summed E-state index contributed by atoms with van der Waals surface area (Å²) in [5.74, 6) is 0.524. The van der Waals surface area contributed by atoms with E-state index in [0.29, 0.717) is 5.82 Å². The summed E-state index contributed by atoms with van der Waals surface area (Å²) in [7, 11) is 0. The van der Waals surface area contributed by atoms with Crippen LogP contribution in [0.4, 0.5) is 21.8 Å². The lowest BCUT2D eigenvalue weighted by atomic mass is 10.2. The van der Waals surface area contributed by atoms with E-state index in [1.807, 2.05) is 24.3 Å². The summed E-state index contributed by atoms with van der Waals surface area (Å²) in [5.41, 5.74) is 7.18. The van der Waals surface area contributed by atoms with Crippen molar-refractivity contribution in [1.29, 1.82) is 0 Å². The molecule has 0 aliphatic carbocycles. The Balaban J connectivity index is 2.07. The number of nitrogen functional groups attached to an aromatic ring is 1. The Morgan fingerprint density at radius 1 is 0.947 bits per heavy atom. The minimum Gasteiger partial charge on any atom is -0.368 e. The fourth-order valence-corrected chi connectivity index (χ4v) is 1.86. The zero-order valence-corrected chi connectivity index (χ0v) is 9.97. The number of nitrogens with one attached hydrogen (secondary N) is 1. The van der Waals surface area contributed by atoms with Crippen molar-refractivity contribution in [1.82, 2.24) is 9.97 Å². The average Bonchev–Trinajstić information content (AvgIpc) is 2.41. The molecular formula is C14H11FN4. The largest absolute Gasteiger partial charge is 0.368 e. The van der Waals surface area contributed by atoms with E-state index in [4.69, 9.17) is 5.73 Å². The van der Waals surface area contributed by atoms with Crippen molar-refractivity contribution in [3.8, 4) is 0 Å². The predicted octanol–water partition coefficient (Wildman–Crippen LogP) is 3.09. The number of halogens is 1. The zero-order valence-electron chi connectivity index (χ0n) is 9.97. The maximum absolute atomic E-state index is 12.9. The topological polar surface area (TPSA) is 63.8 Å². The van der Waals surface area contributed by atoms with Crippen molar-refractivity contribution in [2.24, 2.45) is 0 Å². The molecule has 94 valence electrons. The number of aromatic nitrogens is 2. The summed E-state index contributed by atoms with van der Waals surface area (Å²) in [5, 5.41) is 3.98. The van der Waals surface area contributed by atoms with Gasteiger partial charge in [0, 0.05) is 11.1 Å². The van der Waals surface area contributed by atoms with Crippen LogP contribution in [0.3, 0.4) is 0 Å². The highest BCUT2D eigenvalue weighted by Gasteiger charge is 2.05. The molecule has 0 unspecified atom stereocenters. The Morgan fingerprint density at radius 3 is 2.47 bits per heavy atom. The van der Waals surface area contributed by atoms with Crippen molar-refractivity contribution < 1.29 is 4.39 Å². The molecule has 3 aromatic rings. The van der Waals surface area contributed by atoms with Gasteiger partial charge in [-0.2, -0.15) is 4.98 Å². The van der Waals surface area contributed by atoms with Crippen molar-refractivity contribution in [2.75, 3.05) is 11.1 Å². The summed E-state index contributed by atoms with van der Waals surface area (Å²) in [6, 6.07) is 13.6. The lowest BCUT2D eigenvalue weighted by Gasteiger charge is -2.09. The molecule has 3 rings (SSSR count). The van der Waals surface area contributed by atoms with Gasteiger partial charge in [0.25, 0.3) is 0 Å². The molecule has 1 aromatic heterocycles. The Hall–Kier alpha value is -2.69. The molecule has 4 nitrogen and oxygen atoms in total. The third kappa shape index (κ3) is 2.30. The van der Waals surface area contributed by atoms with Crippen LogP contribution in [0, 0.1) is 5.82 Å². The van der Waals surface area contributed by atoms with E-state index in [1.165, 1.54) is 12.1 Å². The first-order chi connectivity index (χ1) is 9.22. The van der Waals surface area contributed by atoms with Gasteiger partial charge in [0.15, 0.2) is 0 Å². The van der Waals surface area contributed by atoms with Crippen LogP contribution < -0.4 is 11.1 Å². The van der Waals surface area contributed by atoms with Gasteiger partial charge in [-0.25, -0.2) is 9.37 Å². The van der Waals surface area contributed by atoms with E-state index in [-0.39, 0.29) is 11.8 Å². The quantitative estimate of drug-likeness (QED) is 0.737. The molecule has 19 heavy (non-hydrogen) atoms. The van der Waals surface area contributed by atoms with E-state index in [0.717, 1.165) is 16.6 Å². The molecule has 0 radical (unpaired) electrons. The zero-order chi connectivity index (χ0) is 13.2. The second-order valence-corrected chi connectivity index (χ2v) is 4.08. The normalized spacial score (nSPS) is 10.6. The lowest BCUT2D eigenvalue weighted by molar-refractivity contribution is 0.628. The van der Waals surface area contributed by atoms with Crippen LogP contribution in [0.1, 0.15) is 0 Å². The number of nitrogens with zero attached hydrogens (tertiary/aromatic N) is 2. The minimum atomic E-state index is -0.280. The molecule has 0 amide bonds. The van der Waals surface area contributed by atoms with E-state index < -0.39 is 0 Å². The summed E-state index contributed by atoms with van der Waals surface area (Å²) in [6.45, 7) is 0. The van der Waals surface area contributed by atoms with E-state index in [9.17, 15) is 4.39 Å². The smallest absolute Gasteiger partial charge is 0.222 e. The Bertz CT molecular complexity index is 725. The predicted molar refractivity (Wildman–Crippen MR) is 73.6 cm³/mol. The molecule has 0 saturated heterocycles. The van der Waals surface area contributed by atoms with Crippen LogP contribution in [-0.2, 0) is 0 Å². The van der Waals surface area contributed by atoms with Gasteiger partial charge in [0.05, 0.1) is 5.52 Å². The number of hydrogen-bond acceptors (Lipinski definition) is 4. The van der Waals surface area contributed by atoms with Gasteiger partial charge in [-0.05, 0) is 36.4 Å². The monoisotopic (exact) mass is 254 g/mol.